The molecule has 1 atom stereocenters. The largest absolute Gasteiger partial charge is 0.462 e. The zero-order valence-electron chi connectivity index (χ0n) is 13.2. The highest BCUT2D eigenvalue weighted by molar-refractivity contribution is 6.74. The van der Waals surface area contributed by atoms with Gasteiger partial charge in [0, 0.05) is 19.4 Å². The molecule has 0 aromatic heterocycles. The Hall–Kier alpha value is -0.613. The molecule has 1 saturated carbocycles. The van der Waals surface area contributed by atoms with Crippen LogP contribution in [0.3, 0.4) is 0 Å². The molecule has 1 unspecified atom stereocenters. The molecule has 0 bridgehead atoms. The molecule has 0 heterocycles. The fourth-order valence-corrected chi connectivity index (χ4v) is 2.82. The lowest BCUT2D eigenvalue weighted by Gasteiger charge is -2.39. The molecule has 19 heavy (non-hydrogen) atoms. The lowest BCUT2D eigenvalue weighted by molar-refractivity contribution is -0.139. The maximum absolute atomic E-state index is 10.7. The Kier molecular flexibility index (Phi) is 5.39. The van der Waals surface area contributed by atoms with Crippen molar-refractivity contribution in [1.82, 2.24) is 0 Å². The molecule has 0 aliphatic heterocycles. The molecule has 0 aromatic rings. The van der Waals surface area contributed by atoms with Crippen molar-refractivity contribution in [3.63, 3.8) is 0 Å². The predicted molar refractivity (Wildman–Crippen MR) is 80.6 cm³/mol. The average molecular weight is 284 g/mol. The minimum absolute atomic E-state index is 0.217. The van der Waals surface area contributed by atoms with Crippen LogP contribution in [-0.2, 0) is 14.0 Å². The quantitative estimate of drug-likeness (QED) is 0.436. The Balaban J connectivity index is 2.40. The number of rotatable bonds is 5. The van der Waals surface area contributed by atoms with Gasteiger partial charge < -0.3 is 9.16 Å². The van der Waals surface area contributed by atoms with Crippen molar-refractivity contribution in [2.75, 3.05) is 13.2 Å². The second kappa shape index (κ2) is 6.22. The summed E-state index contributed by atoms with van der Waals surface area (Å²) in [6.07, 6.45) is 4.36. The maximum atomic E-state index is 10.7. The fourth-order valence-electron chi connectivity index (χ4n) is 1.77. The van der Waals surface area contributed by atoms with Gasteiger partial charge in [0.25, 0.3) is 0 Å². The standard InChI is InChI=1S/C15H28O3Si/c1-12(16)17-10-9-13-7-8-14(13)11-18-19(5,6)15(2,3)4/h9,14H,7-8,10-11H2,1-6H3/b13-9-. The third kappa shape index (κ3) is 4.77. The first-order chi connectivity index (χ1) is 8.63. The second-order valence-electron chi connectivity index (χ2n) is 6.89. The summed E-state index contributed by atoms with van der Waals surface area (Å²) in [5, 5.41) is 0.262. The number of hydrogen-bond donors (Lipinski definition) is 0. The molecule has 3 nitrogen and oxygen atoms in total. The second-order valence-corrected chi connectivity index (χ2v) is 11.7. The van der Waals surface area contributed by atoms with E-state index in [0.29, 0.717) is 12.5 Å². The van der Waals surface area contributed by atoms with Crippen molar-refractivity contribution in [3.8, 4) is 0 Å². The summed E-state index contributed by atoms with van der Waals surface area (Å²) in [5.41, 5.74) is 1.39. The van der Waals surface area contributed by atoms with Crippen LogP contribution in [0.25, 0.3) is 0 Å². The van der Waals surface area contributed by atoms with Crippen LogP contribution in [0.4, 0.5) is 0 Å². The van der Waals surface area contributed by atoms with E-state index in [9.17, 15) is 4.79 Å². The van der Waals surface area contributed by atoms with Gasteiger partial charge in [-0.3, -0.25) is 4.79 Å². The predicted octanol–water partition coefficient (Wildman–Crippen LogP) is 3.91. The van der Waals surface area contributed by atoms with Crippen LogP contribution in [0.2, 0.25) is 18.1 Å². The minimum atomic E-state index is -1.64. The van der Waals surface area contributed by atoms with E-state index in [1.807, 2.05) is 6.08 Å². The Bertz CT molecular complexity index is 353. The van der Waals surface area contributed by atoms with E-state index in [-0.39, 0.29) is 11.0 Å². The van der Waals surface area contributed by atoms with E-state index < -0.39 is 8.32 Å². The lowest BCUT2D eigenvalue weighted by atomic mass is 9.80. The van der Waals surface area contributed by atoms with Gasteiger partial charge in [-0.25, -0.2) is 0 Å². The van der Waals surface area contributed by atoms with Crippen molar-refractivity contribution in [2.24, 2.45) is 5.92 Å². The van der Waals surface area contributed by atoms with Crippen molar-refractivity contribution >= 4 is 14.3 Å². The first-order valence-corrected chi connectivity index (χ1v) is 10.0. The summed E-state index contributed by atoms with van der Waals surface area (Å²) < 4.78 is 11.2. The van der Waals surface area contributed by atoms with E-state index in [1.54, 1.807) is 0 Å². The van der Waals surface area contributed by atoms with Gasteiger partial charge in [-0.2, -0.15) is 0 Å². The molecule has 0 saturated heterocycles. The highest BCUT2D eigenvalue weighted by Gasteiger charge is 2.38. The van der Waals surface area contributed by atoms with Crippen LogP contribution in [0, 0.1) is 5.92 Å². The van der Waals surface area contributed by atoms with Crippen LogP contribution in [-0.4, -0.2) is 27.5 Å². The number of hydrogen-bond acceptors (Lipinski definition) is 3. The number of ether oxygens (including phenoxy) is 1. The molecule has 0 N–H and O–H groups in total. The van der Waals surface area contributed by atoms with Gasteiger partial charge >= 0.3 is 5.97 Å². The van der Waals surface area contributed by atoms with Gasteiger partial charge in [0.05, 0.1) is 0 Å². The SMILES string of the molecule is CC(=O)OC/C=C1/CCC1CO[Si](C)(C)C(C)(C)C. The molecule has 0 radical (unpaired) electrons. The zero-order valence-corrected chi connectivity index (χ0v) is 14.2. The molecule has 1 rings (SSSR count). The zero-order chi connectivity index (χ0) is 14.7. The summed E-state index contributed by atoms with van der Waals surface area (Å²) >= 11 is 0. The maximum Gasteiger partial charge on any atom is 0.302 e. The molecule has 0 spiro atoms. The van der Waals surface area contributed by atoms with Crippen molar-refractivity contribution in [3.05, 3.63) is 11.6 Å². The van der Waals surface area contributed by atoms with Crippen LogP contribution in [0.5, 0.6) is 0 Å². The number of carbonyl (C=O) groups is 1. The molecule has 4 heteroatoms. The number of esters is 1. The molecule has 1 fully saturated rings. The Morgan fingerprint density at radius 2 is 2.05 bits per heavy atom. The molecular formula is C15H28O3Si. The van der Waals surface area contributed by atoms with Gasteiger partial charge in [0.1, 0.15) is 6.61 Å². The summed E-state index contributed by atoms with van der Waals surface area (Å²) in [6, 6.07) is 0. The highest BCUT2D eigenvalue weighted by atomic mass is 28.4. The molecule has 0 amide bonds. The van der Waals surface area contributed by atoms with Gasteiger partial charge in [-0.05, 0) is 37.0 Å². The van der Waals surface area contributed by atoms with Crippen molar-refractivity contribution < 1.29 is 14.0 Å². The Morgan fingerprint density at radius 3 is 2.47 bits per heavy atom. The smallest absolute Gasteiger partial charge is 0.302 e. The van der Waals surface area contributed by atoms with Crippen molar-refractivity contribution in [2.45, 2.75) is 58.7 Å². The van der Waals surface area contributed by atoms with Gasteiger partial charge in [0.15, 0.2) is 8.32 Å². The summed E-state index contributed by atoms with van der Waals surface area (Å²) in [7, 11) is -1.64. The minimum Gasteiger partial charge on any atom is -0.462 e. The Morgan fingerprint density at radius 1 is 1.42 bits per heavy atom. The van der Waals surface area contributed by atoms with Gasteiger partial charge in [0.2, 0.25) is 0 Å². The fraction of sp³-hybridized carbons (Fsp3) is 0.800. The van der Waals surface area contributed by atoms with E-state index in [2.05, 4.69) is 33.9 Å². The van der Waals surface area contributed by atoms with Crippen LogP contribution in [0.1, 0.15) is 40.5 Å². The van der Waals surface area contributed by atoms with Crippen LogP contribution >= 0.6 is 0 Å². The molecule has 110 valence electrons. The third-order valence-corrected chi connectivity index (χ3v) is 8.89. The Labute approximate surface area is 118 Å². The first kappa shape index (κ1) is 16.4. The van der Waals surface area contributed by atoms with E-state index in [1.165, 1.54) is 18.9 Å². The van der Waals surface area contributed by atoms with Gasteiger partial charge in [-0.1, -0.05) is 26.3 Å². The van der Waals surface area contributed by atoms with E-state index >= 15 is 0 Å². The molecule has 1 aliphatic rings. The van der Waals surface area contributed by atoms with E-state index in [0.717, 1.165) is 13.0 Å². The molecular weight excluding hydrogens is 256 g/mol. The highest BCUT2D eigenvalue weighted by Crippen LogP contribution is 2.39. The van der Waals surface area contributed by atoms with Gasteiger partial charge in [-0.15, -0.1) is 0 Å². The average Bonchev–Trinajstić information content (AvgIpc) is 2.20. The van der Waals surface area contributed by atoms with Crippen LogP contribution < -0.4 is 0 Å². The first-order valence-electron chi connectivity index (χ1n) is 7.10. The molecule has 1 aliphatic carbocycles. The topological polar surface area (TPSA) is 35.5 Å². The third-order valence-electron chi connectivity index (χ3n) is 4.39. The van der Waals surface area contributed by atoms with E-state index in [4.69, 9.17) is 9.16 Å². The normalized spacial score (nSPS) is 22.2. The number of carbonyl (C=O) groups excluding carboxylic acids is 1. The monoisotopic (exact) mass is 284 g/mol. The summed E-state index contributed by atoms with van der Waals surface area (Å²) in [6.45, 7) is 14.0. The van der Waals surface area contributed by atoms with Crippen LogP contribution in [0.15, 0.2) is 11.6 Å². The van der Waals surface area contributed by atoms with Crippen molar-refractivity contribution in [1.29, 1.82) is 0 Å². The molecule has 0 aromatic carbocycles. The lowest BCUT2D eigenvalue weighted by Crippen LogP contribution is -2.42. The summed E-state index contributed by atoms with van der Waals surface area (Å²) in [5.74, 6) is 0.315. The summed E-state index contributed by atoms with van der Waals surface area (Å²) in [4.78, 5) is 10.7.